The summed E-state index contributed by atoms with van der Waals surface area (Å²) in [5, 5.41) is 8.90. The molecule has 0 radical (unpaired) electrons. The number of halogens is 1. The highest BCUT2D eigenvalue weighted by molar-refractivity contribution is 5.70. The first-order valence-corrected chi connectivity index (χ1v) is 5.50. The van der Waals surface area contributed by atoms with Gasteiger partial charge >= 0.3 is 5.97 Å². The summed E-state index contributed by atoms with van der Waals surface area (Å²) in [6.45, 7) is 3.03. The van der Waals surface area contributed by atoms with Crippen molar-refractivity contribution in [2.75, 3.05) is 7.11 Å². The van der Waals surface area contributed by atoms with E-state index < -0.39 is 18.1 Å². The molecule has 2 unspecified atom stereocenters. The van der Waals surface area contributed by atoms with Crippen molar-refractivity contribution in [1.82, 2.24) is 0 Å². The van der Waals surface area contributed by atoms with Crippen LogP contribution in [0, 0.1) is 5.92 Å². The summed E-state index contributed by atoms with van der Waals surface area (Å²) >= 11 is 0. The van der Waals surface area contributed by atoms with Crippen LogP contribution in [-0.4, -0.2) is 18.2 Å². The number of hydrogen-bond donors (Lipinski definition) is 1. The minimum atomic E-state index is -1.14. The van der Waals surface area contributed by atoms with E-state index in [1.54, 1.807) is 25.1 Å². The fourth-order valence-electron chi connectivity index (χ4n) is 1.76. The molecule has 1 rings (SSSR count). The lowest BCUT2D eigenvalue weighted by atomic mass is 9.94. The molecule has 1 aromatic rings. The van der Waals surface area contributed by atoms with Crippen LogP contribution < -0.4 is 4.74 Å². The van der Waals surface area contributed by atoms with E-state index in [-0.39, 0.29) is 6.42 Å². The van der Waals surface area contributed by atoms with Gasteiger partial charge in [-0.15, -0.1) is 0 Å². The van der Waals surface area contributed by atoms with E-state index in [4.69, 9.17) is 9.84 Å². The Balaban J connectivity index is 3.13. The van der Waals surface area contributed by atoms with Gasteiger partial charge in [0.05, 0.1) is 13.0 Å². The third-order valence-electron chi connectivity index (χ3n) is 2.75. The maximum absolute atomic E-state index is 13.5. The highest BCUT2D eigenvalue weighted by Crippen LogP contribution is 2.30. The van der Waals surface area contributed by atoms with Crippen LogP contribution in [0.1, 0.15) is 31.1 Å². The molecule has 0 fully saturated rings. The van der Waals surface area contributed by atoms with Gasteiger partial charge in [0.2, 0.25) is 0 Å². The van der Waals surface area contributed by atoms with Crippen molar-refractivity contribution >= 4 is 5.97 Å². The van der Waals surface area contributed by atoms with Gasteiger partial charge in [-0.1, -0.05) is 19.1 Å². The molecule has 0 bridgehead atoms. The minimum absolute atomic E-state index is 0.267. The predicted molar refractivity (Wildman–Crippen MR) is 63.0 cm³/mol. The van der Waals surface area contributed by atoms with Crippen molar-refractivity contribution < 1.29 is 19.0 Å². The molecule has 0 saturated carbocycles. The number of benzene rings is 1. The highest BCUT2D eigenvalue weighted by Gasteiger charge is 2.19. The van der Waals surface area contributed by atoms with Crippen molar-refractivity contribution in [2.24, 2.45) is 5.92 Å². The van der Waals surface area contributed by atoms with Gasteiger partial charge in [-0.2, -0.15) is 0 Å². The Labute approximate surface area is 100 Å². The zero-order chi connectivity index (χ0) is 13.0. The highest BCUT2D eigenvalue weighted by atomic mass is 19.1. The maximum Gasteiger partial charge on any atom is 0.306 e. The maximum atomic E-state index is 13.5. The number of carbonyl (C=O) groups is 1. The topological polar surface area (TPSA) is 46.5 Å². The normalized spacial score (nSPS) is 14.1. The van der Waals surface area contributed by atoms with Gasteiger partial charge in [0.25, 0.3) is 0 Å². The summed E-state index contributed by atoms with van der Waals surface area (Å²) < 4.78 is 18.6. The van der Waals surface area contributed by atoms with E-state index in [1.807, 2.05) is 0 Å². The third kappa shape index (κ3) is 3.19. The van der Waals surface area contributed by atoms with Crippen LogP contribution in [0.4, 0.5) is 4.39 Å². The Bertz CT molecular complexity index is 402. The zero-order valence-electron chi connectivity index (χ0n) is 10.2. The van der Waals surface area contributed by atoms with Gasteiger partial charge in [0.1, 0.15) is 11.9 Å². The van der Waals surface area contributed by atoms with Crippen molar-refractivity contribution in [1.29, 1.82) is 0 Å². The summed E-state index contributed by atoms with van der Waals surface area (Å²) in [7, 11) is 1.50. The van der Waals surface area contributed by atoms with E-state index in [1.165, 1.54) is 14.0 Å². The Kier molecular flexibility index (Phi) is 4.49. The Morgan fingerprint density at radius 2 is 2.12 bits per heavy atom. The lowest BCUT2D eigenvalue weighted by molar-refractivity contribution is -0.141. The van der Waals surface area contributed by atoms with Crippen LogP contribution in [0.5, 0.6) is 5.75 Å². The molecule has 0 aliphatic carbocycles. The summed E-state index contributed by atoms with van der Waals surface area (Å²) in [4.78, 5) is 10.8. The van der Waals surface area contributed by atoms with Crippen LogP contribution in [0.3, 0.4) is 0 Å². The molecule has 4 heteroatoms. The van der Waals surface area contributed by atoms with E-state index >= 15 is 0 Å². The Morgan fingerprint density at radius 1 is 1.47 bits per heavy atom. The predicted octanol–water partition coefficient (Wildman–Crippen LogP) is 2.99. The van der Waals surface area contributed by atoms with Crippen molar-refractivity contribution in [2.45, 2.75) is 26.4 Å². The number of aliphatic carboxylic acids is 1. The monoisotopic (exact) mass is 240 g/mol. The second-order valence-corrected chi connectivity index (χ2v) is 4.09. The lowest BCUT2D eigenvalue weighted by Gasteiger charge is -2.16. The average molecular weight is 240 g/mol. The van der Waals surface area contributed by atoms with E-state index in [0.29, 0.717) is 16.9 Å². The lowest BCUT2D eigenvalue weighted by Crippen LogP contribution is -2.14. The molecular formula is C13H17FO3. The van der Waals surface area contributed by atoms with Crippen molar-refractivity contribution in [3.8, 4) is 5.75 Å². The van der Waals surface area contributed by atoms with Crippen molar-refractivity contribution in [3.63, 3.8) is 0 Å². The molecule has 1 aromatic carbocycles. The smallest absolute Gasteiger partial charge is 0.306 e. The number of ether oxygens (including phenoxy) is 1. The van der Waals surface area contributed by atoms with Crippen LogP contribution in [0.2, 0.25) is 0 Å². The molecule has 0 aromatic heterocycles. The average Bonchev–Trinajstić information content (AvgIpc) is 2.28. The number of hydrogen-bond acceptors (Lipinski definition) is 2. The molecular weight excluding hydrogens is 223 g/mol. The molecule has 0 saturated heterocycles. The molecule has 0 amide bonds. The zero-order valence-corrected chi connectivity index (χ0v) is 10.2. The van der Waals surface area contributed by atoms with Gasteiger partial charge in [-0.25, -0.2) is 4.39 Å². The third-order valence-corrected chi connectivity index (χ3v) is 2.75. The van der Waals surface area contributed by atoms with E-state index in [9.17, 15) is 9.18 Å². The van der Waals surface area contributed by atoms with Crippen LogP contribution in [0.25, 0.3) is 0 Å². The van der Waals surface area contributed by atoms with Gasteiger partial charge in [-0.05, 0) is 25.0 Å². The van der Waals surface area contributed by atoms with Gasteiger partial charge in [0, 0.05) is 5.56 Å². The standard InChI is InChI=1S/C13H17FO3/c1-8(13(15)16)7-11-10(9(2)14)5-4-6-12(11)17-3/h4-6,8-9H,7H2,1-3H3,(H,15,16). The quantitative estimate of drug-likeness (QED) is 0.860. The second kappa shape index (κ2) is 5.66. The van der Waals surface area contributed by atoms with E-state index in [0.717, 1.165) is 0 Å². The van der Waals surface area contributed by atoms with Crippen molar-refractivity contribution in [3.05, 3.63) is 29.3 Å². The first kappa shape index (κ1) is 13.5. The molecule has 17 heavy (non-hydrogen) atoms. The summed E-state index contributed by atoms with van der Waals surface area (Å²) in [5.41, 5.74) is 1.14. The molecule has 0 heterocycles. The van der Waals surface area contributed by atoms with Crippen LogP contribution in [0.15, 0.2) is 18.2 Å². The van der Waals surface area contributed by atoms with E-state index in [2.05, 4.69) is 0 Å². The SMILES string of the molecule is COc1cccc(C(C)F)c1CC(C)C(=O)O. The van der Waals surface area contributed by atoms with Gasteiger partial charge in [-0.3, -0.25) is 4.79 Å². The minimum Gasteiger partial charge on any atom is -0.496 e. The number of methoxy groups -OCH3 is 1. The number of carboxylic acids is 1. The summed E-state index contributed by atoms with van der Waals surface area (Å²) in [6, 6.07) is 5.09. The molecule has 0 spiro atoms. The fraction of sp³-hybridized carbons (Fsp3) is 0.462. The summed E-state index contributed by atoms with van der Waals surface area (Å²) in [5.74, 6) is -0.919. The molecule has 3 nitrogen and oxygen atoms in total. The Hall–Kier alpha value is -1.58. The van der Waals surface area contributed by atoms with Crippen LogP contribution >= 0.6 is 0 Å². The second-order valence-electron chi connectivity index (χ2n) is 4.09. The number of carboxylic acid groups (broad SMARTS) is 1. The molecule has 94 valence electrons. The molecule has 0 aliphatic rings. The summed E-state index contributed by atoms with van der Waals surface area (Å²) in [6.07, 6.45) is -0.871. The van der Waals surface area contributed by atoms with Gasteiger partial charge < -0.3 is 9.84 Å². The molecule has 2 atom stereocenters. The number of rotatable bonds is 5. The van der Waals surface area contributed by atoms with Gasteiger partial charge in [0.15, 0.2) is 0 Å². The Morgan fingerprint density at radius 3 is 2.59 bits per heavy atom. The first-order chi connectivity index (χ1) is 7.97. The van der Waals surface area contributed by atoms with Crippen LogP contribution in [-0.2, 0) is 11.2 Å². The first-order valence-electron chi connectivity index (χ1n) is 5.50. The number of alkyl halides is 1. The largest absolute Gasteiger partial charge is 0.496 e. The molecule has 0 aliphatic heterocycles. The fourth-order valence-corrected chi connectivity index (χ4v) is 1.76. The molecule has 1 N–H and O–H groups in total.